The van der Waals surface area contributed by atoms with Gasteiger partial charge in [-0.05, 0) is 13.0 Å². The van der Waals surface area contributed by atoms with Gasteiger partial charge in [0.2, 0.25) is 0 Å². The minimum absolute atomic E-state index is 0.231. The molecule has 0 aliphatic carbocycles. The van der Waals surface area contributed by atoms with E-state index in [1.165, 1.54) is 6.26 Å². The molecule has 1 atom stereocenters. The Morgan fingerprint density at radius 3 is 3.00 bits per heavy atom. The maximum absolute atomic E-state index is 11.7. The van der Waals surface area contributed by atoms with Gasteiger partial charge in [-0.2, -0.15) is 0 Å². The van der Waals surface area contributed by atoms with Crippen LogP contribution in [0.1, 0.15) is 17.3 Å². The number of aliphatic hydroxyl groups excluding tert-OH is 1. The van der Waals surface area contributed by atoms with E-state index in [0.717, 1.165) is 5.39 Å². The van der Waals surface area contributed by atoms with Crippen molar-refractivity contribution in [2.45, 2.75) is 13.0 Å². The number of amides is 1. The van der Waals surface area contributed by atoms with E-state index < -0.39 is 6.10 Å². The average molecular weight is 219 g/mol. The van der Waals surface area contributed by atoms with Crippen LogP contribution in [0.15, 0.2) is 34.9 Å². The number of furan rings is 1. The fraction of sp³-hybridized carbons (Fsp3) is 0.250. The van der Waals surface area contributed by atoms with Crippen LogP contribution in [0.4, 0.5) is 0 Å². The third kappa shape index (κ3) is 2.06. The summed E-state index contributed by atoms with van der Waals surface area (Å²) < 4.78 is 5.25. The van der Waals surface area contributed by atoms with Gasteiger partial charge in [-0.25, -0.2) is 0 Å². The van der Waals surface area contributed by atoms with Crippen molar-refractivity contribution >= 4 is 16.9 Å². The van der Waals surface area contributed by atoms with E-state index in [0.29, 0.717) is 11.1 Å². The number of hydrogen-bond acceptors (Lipinski definition) is 3. The highest BCUT2D eigenvalue weighted by molar-refractivity contribution is 6.05. The van der Waals surface area contributed by atoms with E-state index in [2.05, 4.69) is 5.32 Å². The highest BCUT2D eigenvalue weighted by Crippen LogP contribution is 2.20. The van der Waals surface area contributed by atoms with Crippen LogP contribution in [-0.2, 0) is 0 Å². The van der Waals surface area contributed by atoms with Crippen LogP contribution < -0.4 is 5.32 Å². The zero-order valence-electron chi connectivity index (χ0n) is 8.93. The number of fused-ring (bicyclic) bond motifs is 1. The molecule has 1 heterocycles. The molecule has 1 aromatic heterocycles. The Labute approximate surface area is 92.9 Å². The van der Waals surface area contributed by atoms with Gasteiger partial charge in [-0.15, -0.1) is 0 Å². The molecule has 0 aliphatic rings. The molecule has 0 fully saturated rings. The Bertz CT molecular complexity index is 502. The second kappa shape index (κ2) is 4.37. The lowest BCUT2D eigenvalue weighted by atomic mass is 10.1. The third-order valence-electron chi connectivity index (χ3n) is 2.28. The lowest BCUT2D eigenvalue weighted by Gasteiger charge is -2.05. The summed E-state index contributed by atoms with van der Waals surface area (Å²) in [5, 5.41) is 12.5. The summed E-state index contributed by atoms with van der Waals surface area (Å²) in [6, 6.07) is 7.34. The number of carbonyl (C=O) groups is 1. The van der Waals surface area contributed by atoms with Gasteiger partial charge < -0.3 is 14.8 Å². The van der Waals surface area contributed by atoms with Crippen molar-refractivity contribution in [1.29, 1.82) is 0 Å². The molecule has 0 aliphatic heterocycles. The van der Waals surface area contributed by atoms with Gasteiger partial charge in [0.1, 0.15) is 11.8 Å². The summed E-state index contributed by atoms with van der Waals surface area (Å²) in [7, 11) is 0. The van der Waals surface area contributed by atoms with Crippen molar-refractivity contribution in [3.63, 3.8) is 0 Å². The Kier molecular flexibility index (Phi) is 2.92. The maximum Gasteiger partial charge on any atom is 0.255 e. The minimum Gasteiger partial charge on any atom is -0.463 e. The van der Waals surface area contributed by atoms with Gasteiger partial charge in [0.15, 0.2) is 0 Å². The lowest BCUT2D eigenvalue weighted by molar-refractivity contribution is 0.0925. The average Bonchev–Trinajstić information content (AvgIpc) is 2.69. The number of nitrogens with one attached hydrogen (secondary N) is 1. The van der Waals surface area contributed by atoms with E-state index in [-0.39, 0.29) is 12.5 Å². The first-order chi connectivity index (χ1) is 7.68. The highest BCUT2D eigenvalue weighted by Gasteiger charge is 2.13. The molecule has 0 bridgehead atoms. The van der Waals surface area contributed by atoms with Crippen LogP contribution in [0, 0.1) is 0 Å². The first kappa shape index (κ1) is 10.7. The maximum atomic E-state index is 11.7. The Morgan fingerprint density at radius 1 is 1.50 bits per heavy atom. The van der Waals surface area contributed by atoms with Crippen LogP contribution in [0.5, 0.6) is 0 Å². The molecule has 0 saturated carbocycles. The molecule has 2 N–H and O–H groups in total. The van der Waals surface area contributed by atoms with E-state index in [1.807, 2.05) is 18.2 Å². The summed E-state index contributed by atoms with van der Waals surface area (Å²) in [5.74, 6) is -0.231. The number of rotatable bonds is 3. The van der Waals surface area contributed by atoms with Crippen molar-refractivity contribution in [2.24, 2.45) is 0 Å². The topological polar surface area (TPSA) is 62.5 Å². The second-order valence-electron chi connectivity index (χ2n) is 3.70. The molecule has 2 rings (SSSR count). The van der Waals surface area contributed by atoms with Gasteiger partial charge in [-0.1, -0.05) is 18.2 Å². The monoisotopic (exact) mass is 219 g/mol. The summed E-state index contributed by atoms with van der Waals surface area (Å²) in [6.07, 6.45) is 0.879. The molecule has 1 aromatic carbocycles. The van der Waals surface area contributed by atoms with E-state index in [9.17, 15) is 4.79 Å². The predicted octanol–water partition coefficient (Wildman–Crippen LogP) is 1.54. The van der Waals surface area contributed by atoms with Gasteiger partial charge in [0, 0.05) is 11.9 Å². The SMILES string of the molecule is C[C@@H](O)CNC(=O)c1coc2ccccc12. The fourth-order valence-corrected chi connectivity index (χ4v) is 1.49. The Hall–Kier alpha value is -1.81. The van der Waals surface area contributed by atoms with E-state index in [4.69, 9.17) is 9.52 Å². The van der Waals surface area contributed by atoms with Gasteiger partial charge in [0.05, 0.1) is 11.7 Å². The molecular formula is C12H13NO3. The zero-order valence-corrected chi connectivity index (χ0v) is 8.93. The second-order valence-corrected chi connectivity index (χ2v) is 3.70. The third-order valence-corrected chi connectivity index (χ3v) is 2.28. The lowest BCUT2D eigenvalue weighted by Crippen LogP contribution is -2.30. The number of carbonyl (C=O) groups excluding carboxylic acids is 1. The van der Waals surface area contributed by atoms with Crippen molar-refractivity contribution < 1.29 is 14.3 Å². The smallest absolute Gasteiger partial charge is 0.255 e. The van der Waals surface area contributed by atoms with Crippen molar-refractivity contribution in [2.75, 3.05) is 6.54 Å². The first-order valence-electron chi connectivity index (χ1n) is 5.11. The molecule has 2 aromatic rings. The normalized spacial score (nSPS) is 12.6. The van der Waals surface area contributed by atoms with Crippen LogP contribution in [0.25, 0.3) is 11.0 Å². The molecule has 0 unspecified atom stereocenters. The predicted molar refractivity (Wildman–Crippen MR) is 60.2 cm³/mol. The van der Waals surface area contributed by atoms with Crippen molar-refractivity contribution in [3.05, 3.63) is 36.1 Å². The molecule has 0 spiro atoms. The van der Waals surface area contributed by atoms with Gasteiger partial charge in [0.25, 0.3) is 5.91 Å². The Morgan fingerprint density at radius 2 is 2.25 bits per heavy atom. The summed E-state index contributed by atoms with van der Waals surface area (Å²) in [5.41, 5.74) is 1.18. The molecular weight excluding hydrogens is 206 g/mol. The quantitative estimate of drug-likeness (QED) is 0.823. The number of para-hydroxylation sites is 1. The minimum atomic E-state index is -0.554. The molecule has 0 saturated heterocycles. The van der Waals surface area contributed by atoms with E-state index >= 15 is 0 Å². The number of hydrogen-bond donors (Lipinski definition) is 2. The highest BCUT2D eigenvalue weighted by atomic mass is 16.3. The van der Waals surface area contributed by atoms with Crippen LogP contribution in [0.2, 0.25) is 0 Å². The van der Waals surface area contributed by atoms with E-state index in [1.54, 1.807) is 13.0 Å². The van der Waals surface area contributed by atoms with Crippen molar-refractivity contribution in [1.82, 2.24) is 5.32 Å². The van der Waals surface area contributed by atoms with Crippen LogP contribution >= 0.6 is 0 Å². The standard InChI is InChI=1S/C12H13NO3/c1-8(14)6-13-12(15)10-7-16-11-5-3-2-4-9(10)11/h2-5,7-8,14H,6H2,1H3,(H,13,15)/t8-/m1/s1. The molecule has 0 radical (unpaired) electrons. The van der Waals surface area contributed by atoms with Crippen LogP contribution in [0.3, 0.4) is 0 Å². The summed E-state index contributed by atoms with van der Waals surface area (Å²) in [6.45, 7) is 1.85. The van der Waals surface area contributed by atoms with Crippen molar-refractivity contribution in [3.8, 4) is 0 Å². The van der Waals surface area contributed by atoms with Gasteiger partial charge >= 0.3 is 0 Å². The Balaban J connectivity index is 2.23. The molecule has 4 heteroatoms. The molecule has 84 valence electrons. The zero-order chi connectivity index (χ0) is 11.5. The first-order valence-corrected chi connectivity index (χ1v) is 5.11. The largest absolute Gasteiger partial charge is 0.463 e. The molecule has 4 nitrogen and oxygen atoms in total. The van der Waals surface area contributed by atoms with Crippen LogP contribution in [-0.4, -0.2) is 23.7 Å². The summed E-state index contributed by atoms with van der Waals surface area (Å²) >= 11 is 0. The molecule has 1 amide bonds. The molecule has 16 heavy (non-hydrogen) atoms. The van der Waals surface area contributed by atoms with Gasteiger partial charge in [-0.3, -0.25) is 4.79 Å². The fourth-order valence-electron chi connectivity index (χ4n) is 1.49. The number of benzene rings is 1. The number of aliphatic hydroxyl groups is 1. The summed E-state index contributed by atoms with van der Waals surface area (Å²) in [4.78, 5) is 11.7.